The van der Waals surface area contributed by atoms with Gasteiger partial charge in [-0.2, -0.15) is 0 Å². The Balaban J connectivity index is 0.000000101. The van der Waals surface area contributed by atoms with Crippen molar-refractivity contribution in [3.63, 3.8) is 0 Å². The molecule has 30 rings (SSSR count). The van der Waals surface area contributed by atoms with E-state index in [-0.39, 0.29) is 5.92 Å². The Morgan fingerprint density at radius 1 is 0.170 bits per heavy atom. The Kier molecular flexibility index (Phi) is 17.1. The lowest BCUT2D eigenvalue weighted by Crippen LogP contribution is -1.99. The van der Waals surface area contributed by atoms with Crippen molar-refractivity contribution in [2.75, 3.05) is 0 Å². The van der Waals surface area contributed by atoms with Crippen molar-refractivity contribution in [2.45, 2.75) is 5.92 Å². The molecule has 0 saturated carbocycles. The lowest BCUT2D eigenvalue weighted by atomic mass is 9.87. The summed E-state index contributed by atoms with van der Waals surface area (Å²) in [4.78, 5) is 0. The summed E-state index contributed by atoms with van der Waals surface area (Å²) < 4.78 is 31.4. The average Bonchev–Trinajstić information content (AvgIpc) is 1.56. The quantitative estimate of drug-likeness (QED) is 0.145. The number of hydrogen-bond donors (Lipinski definition) is 0. The normalized spacial score (nSPS) is 12.7. The van der Waals surface area contributed by atoms with Crippen molar-refractivity contribution < 1.29 is 13.3 Å². The molecule has 630 valence electrons. The Morgan fingerprint density at radius 3 is 0.963 bits per heavy atom. The van der Waals surface area contributed by atoms with Crippen LogP contribution in [0.3, 0.4) is 0 Å². The summed E-state index contributed by atoms with van der Waals surface area (Å²) in [5, 5.41) is 19.2. The van der Waals surface area contributed by atoms with Crippen LogP contribution < -0.4 is 0 Å². The van der Waals surface area contributed by atoms with E-state index in [9.17, 15) is 0 Å². The maximum atomic E-state index is 6.60. The summed E-state index contributed by atoms with van der Waals surface area (Å²) in [6, 6.07) is 170. The van der Waals surface area contributed by atoms with Gasteiger partial charge in [0.15, 0.2) is 5.58 Å². The van der Waals surface area contributed by atoms with Gasteiger partial charge in [-0.05, 0) is 249 Å². The van der Waals surface area contributed by atoms with Crippen molar-refractivity contribution in [1.29, 1.82) is 0 Å². The topological polar surface area (TPSA) is 64.1 Å². The van der Waals surface area contributed by atoms with Crippen molar-refractivity contribution in [3.8, 4) is 72.9 Å². The predicted molar refractivity (Wildman–Crippen MR) is 562 cm³/mol. The standard InChI is InChI=1S/C43H27NO.2C42H26N2O/c1-3-11-27(12-4-1)41-32-21-19-28(25-35(32)33-22-24-40-42(43(33)41)34-16-8-10-18-39(34)45-40)29-20-23-38-36(26-29)31-15-7-9-17-37(31)44(38)30-13-5-2-6-14-30;1-3-11-29(12-4-1)43-37-17-9-7-15-31(37)35-25-27(19-23-38(35)43)28-20-24-39-36(26-28)33-21-22-34-32-16-8-10-18-40(32)45-42(34)41(33)44(39)30-13-5-2-6-14-30;1-3-11-29(12-4-1)43-36-17-9-7-15-31(36)34-25-27(19-22-37(34)43)28-20-23-38-35(26-28)41-39(44(38)30-13-5-2-6-14-30)24-21-33-32-16-8-10-18-40(32)45-42(33)41/h1-26,41H;2*1-26H. The van der Waals surface area contributed by atoms with Crippen LogP contribution in [0.15, 0.2) is 486 Å². The molecule has 21 aromatic carbocycles. The molecule has 8 heterocycles. The Morgan fingerprint density at radius 2 is 0.489 bits per heavy atom. The number of hydrogen-bond acceptors (Lipinski definition) is 3. The molecule has 0 radical (unpaired) electrons. The number of nitrogens with zero attached hydrogens (tertiary/aromatic N) is 5. The molecule has 135 heavy (non-hydrogen) atoms. The summed E-state index contributed by atoms with van der Waals surface area (Å²) >= 11 is 0. The highest BCUT2D eigenvalue weighted by atomic mass is 16.3. The molecule has 0 saturated heterocycles. The van der Waals surface area contributed by atoms with E-state index in [0.717, 1.165) is 93.9 Å². The van der Waals surface area contributed by atoms with Crippen molar-refractivity contribution >= 4 is 175 Å². The summed E-state index contributed by atoms with van der Waals surface area (Å²) in [6.45, 7) is 0. The van der Waals surface area contributed by atoms with E-state index in [1.54, 1.807) is 0 Å². The minimum Gasteiger partial charge on any atom is -0.456 e. The van der Waals surface area contributed by atoms with Crippen LogP contribution in [0.4, 0.5) is 0 Å². The highest BCUT2D eigenvalue weighted by molar-refractivity contribution is 6.26. The first-order chi connectivity index (χ1) is 67.0. The van der Waals surface area contributed by atoms with E-state index in [1.807, 2.05) is 12.1 Å². The molecule has 1 unspecified atom stereocenters. The molecule has 1 aliphatic rings. The van der Waals surface area contributed by atoms with Crippen LogP contribution in [0.25, 0.3) is 248 Å². The van der Waals surface area contributed by atoms with Gasteiger partial charge in [0, 0.05) is 115 Å². The molecule has 0 fully saturated rings. The first-order valence-electron chi connectivity index (χ1n) is 46.3. The Bertz CT molecular complexity index is 9870. The average molecular weight is 1720 g/mol. The SMILES string of the molecule is c1ccc(-n2c3ccccc3c3cc(-c4ccc5c(c4)c4c6oc7ccccc7c6ccc4n5-c4ccccc4)ccc32)cc1.c1ccc(-n2c3ccccc3c3cc(-c4ccc5c(c4)c4ccc6c7ccccc7oc6c4n5-c4ccccc4)ccc32)cc1.c1ccc(C2c3ccc(-c4ccc5c(c4)c4ccccc4n5-c4ccccc4)cc3-c3ccc4oc5ccccc5c4c32)cc1. The molecule has 0 spiro atoms. The molecule has 0 bridgehead atoms. The van der Waals surface area contributed by atoms with Crippen LogP contribution in [-0.2, 0) is 0 Å². The first kappa shape index (κ1) is 75.9. The second-order valence-electron chi connectivity index (χ2n) is 35.6. The van der Waals surface area contributed by atoms with Gasteiger partial charge in [0.05, 0.1) is 60.6 Å². The van der Waals surface area contributed by atoms with E-state index < -0.39 is 0 Å². The molecule has 0 amide bonds. The van der Waals surface area contributed by atoms with E-state index in [1.165, 1.54) is 171 Å². The van der Waals surface area contributed by atoms with Gasteiger partial charge in [-0.15, -0.1) is 0 Å². The van der Waals surface area contributed by atoms with E-state index in [0.29, 0.717) is 0 Å². The Hall–Kier alpha value is -18.0. The molecule has 29 aromatic rings. The fourth-order valence-corrected chi connectivity index (χ4v) is 22.4. The van der Waals surface area contributed by atoms with E-state index in [4.69, 9.17) is 13.3 Å². The van der Waals surface area contributed by atoms with Gasteiger partial charge >= 0.3 is 0 Å². The van der Waals surface area contributed by atoms with Crippen LogP contribution in [0, 0.1) is 0 Å². The molecular weight excluding hydrogens is 1640 g/mol. The summed E-state index contributed by atoms with van der Waals surface area (Å²) in [7, 11) is 0. The summed E-state index contributed by atoms with van der Waals surface area (Å²) in [6.07, 6.45) is 0. The predicted octanol–water partition coefficient (Wildman–Crippen LogP) is 34.4. The van der Waals surface area contributed by atoms with Gasteiger partial charge in [-0.3, -0.25) is 0 Å². The van der Waals surface area contributed by atoms with E-state index >= 15 is 0 Å². The maximum Gasteiger partial charge on any atom is 0.160 e. The number of benzene rings is 21. The number of para-hydroxylation sites is 11. The third kappa shape index (κ3) is 11.8. The maximum absolute atomic E-state index is 6.60. The van der Waals surface area contributed by atoms with Crippen LogP contribution in [0.2, 0.25) is 0 Å². The van der Waals surface area contributed by atoms with Gasteiger partial charge < -0.3 is 36.1 Å². The van der Waals surface area contributed by atoms with Gasteiger partial charge in [0.25, 0.3) is 0 Å². The molecule has 1 aliphatic carbocycles. The molecule has 0 aliphatic heterocycles. The zero-order valence-electron chi connectivity index (χ0n) is 73.1. The first-order valence-corrected chi connectivity index (χ1v) is 46.3. The fourth-order valence-electron chi connectivity index (χ4n) is 22.4. The molecule has 0 N–H and O–H groups in total. The van der Waals surface area contributed by atoms with Gasteiger partial charge in [0.1, 0.15) is 27.9 Å². The van der Waals surface area contributed by atoms with Gasteiger partial charge in [0.2, 0.25) is 0 Å². The number of rotatable bonds is 9. The highest BCUT2D eigenvalue weighted by Gasteiger charge is 2.35. The largest absolute Gasteiger partial charge is 0.456 e. The van der Waals surface area contributed by atoms with Crippen molar-refractivity contribution in [2.24, 2.45) is 0 Å². The molecule has 1 atom stereocenters. The van der Waals surface area contributed by atoms with Crippen LogP contribution in [0.1, 0.15) is 22.6 Å². The number of furan rings is 3. The second-order valence-corrected chi connectivity index (χ2v) is 35.6. The van der Waals surface area contributed by atoms with Crippen molar-refractivity contribution in [1.82, 2.24) is 22.8 Å². The second kappa shape index (κ2) is 30.3. The third-order valence-corrected chi connectivity index (χ3v) is 28.3. The molecule has 8 aromatic heterocycles. The van der Waals surface area contributed by atoms with Crippen LogP contribution >= 0.6 is 0 Å². The van der Waals surface area contributed by atoms with Crippen LogP contribution in [-0.4, -0.2) is 22.8 Å². The molecule has 8 nitrogen and oxygen atoms in total. The number of aromatic nitrogens is 5. The van der Waals surface area contributed by atoms with Crippen molar-refractivity contribution in [3.05, 3.63) is 490 Å². The monoisotopic (exact) mass is 1720 g/mol. The smallest absolute Gasteiger partial charge is 0.160 e. The highest BCUT2D eigenvalue weighted by Crippen LogP contribution is 2.55. The Labute approximate surface area is 774 Å². The lowest BCUT2D eigenvalue weighted by molar-refractivity contribution is 0.668. The minimum atomic E-state index is 0.140. The summed E-state index contributed by atoms with van der Waals surface area (Å²) in [5.41, 5.74) is 37.0. The molecular formula is C127H79N5O3. The third-order valence-electron chi connectivity index (χ3n) is 28.3. The number of fused-ring (bicyclic) bond motifs is 30. The minimum absolute atomic E-state index is 0.140. The fraction of sp³-hybridized carbons (Fsp3) is 0.00787. The van der Waals surface area contributed by atoms with Gasteiger partial charge in [-0.1, -0.05) is 285 Å². The lowest BCUT2D eigenvalue weighted by Gasteiger charge is -2.15. The molecule has 8 heteroatoms. The van der Waals surface area contributed by atoms with Gasteiger partial charge in [-0.25, -0.2) is 0 Å². The zero-order valence-corrected chi connectivity index (χ0v) is 73.1. The van der Waals surface area contributed by atoms with E-state index in [2.05, 4.69) is 484 Å². The zero-order chi connectivity index (χ0) is 88.5. The summed E-state index contributed by atoms with van der Waals surface area (Å²) in [5.74, 6) is 0.140. The van der Waals surface area contributed by atoms with Crippen LogP contribution in [0.5, 0.6) is 0 Å².